The van der Waals surface area contributed by atoms with Gasteiger partial charge in [0.15, 0.2) is 18.1 Å². The number of aromatic nitrogens is 2. The van der Waals surface area contributed by atoms with Crippen LogP contribution in [0.3, 0.4) is 0 Å². The molecule has 0 aliphatic rings. The van der Waals surface area contributed by atoms with Crippen molar-refractivity contribution in [2.75, 3.05) is 13.7 Å². The molecule has 7 heteroatoms. The van der Waals surface area contributed by atoms with Gasteiger partial charge in [-0.2, -0.15) is 4.98 Å². The molecule has 0 saturated carbocycles. The first-order valence-electron chi connectivity index (χ1n) is 6.69. The van der Waals surface area contributed by atoms with Gasteiger partial charge in [0.05, 0.1) is 7.11 Å². The van der Waals surface area contributed by atoms with E-state index in [1.54, 1.807) is 13.2 Å². The maximum Gasteiger partial charge on any atom is 0.213 e. The molecule has 0 unspecified atom stereocenters. The van der Waals surface area contributed by atoms with Crippen LogP contribution in [-0.2, 0) is 13.2 Å². The van der Waals surface area contributed by atoms with Crippen molar-refractivity contribution in [1.82, 2.24) is 15.5 Å². The average Bonchev–Trinajstić information content (AvgIpc) is 2.99. The first-order chi connectivity index (χ1) is 10.2. The first-order valence-corrected chi connectivity index (χ1v) is 7.07. The third kappa shape index (κ3) is 4.34. The molecule has 114 valence electrons. The highest BCUT2D eigenvalue weighted by Crippen LogP contribution is 2.35. The molecule has 0 aliphatic heterocycles. The van der Waals surface area contributed by atoms with Gasteiger partial charge >= 0.3 is 0 Å². The fourth-order valence-corrected chi connectivity index (χ4v) is 2.09. The van der Waals surface area contributed by atoms with Crippen LogP contribution in [0.2, 0.25) is 5.02 Å². The summed E-state index contributed by atoms with van der Waals surface area (Å²) >= 11 is 6.11. The number of ether oxygens (including phenoxy) is 2. The Kier molecular flexibility index (Phi) is 5.83. The predicted molar refractivity (Wildman–Crippen MR) is 78.6 cm³/mol. The van der Waals surface area contributed by atoms with E-state index in [0.717, 1.165) is 18.5 Å². The van der Waals surface area contributed by atoms with E-state index in [2.05, 4.69) is 26.9 Å². The number of rotatable bonds is 8. The molecule has 0 amide bonds. The first kappa shape index (κ1) is 15.6. The van der Waals surface area contributed by atoms with E-state index < -0.39 is 0 Å². The van der Waals surface area contributed by atoms with Crippen LogP contribution in [0.1, 0.15) is 24.7 Å². The van der Waals surface area contributed by atoms with Crippen molar-refractivity contribution >= 4 is 11.6 Å². The second kappa shape index (κ2) is 7.85. The summed E-state index contributed by atoms with van der Waals surface area (Å²) in [4.78, 5) is 3.92. The largest absolute Gasteiger partial charge is 0.493 e. The quantitative estimate of drug-likeness (QED) is 0.756. The number of hydrogen-bond donors (Lipinski definition) is 1. The zero-order chi connectivity index (χ0) is 15.1. The Morgan fingerprint density at radius 2 is 2.24 bits per heavy atom. The highest BCUT2D eigenvalue weighted by atomic mass is 35.5. The Morgan fingerprint density at radius 1 is 1.38 bits per heavy atom. The summed E-state index contributed by atoms with van der Waals surface area (Å²) < 4.78 is 15.8. The zero-order valence-corrected chi connectivity index (χ0v) is 12.8. The smallest absolute Gasteiger partial charge is 0.213 e. The van der Waals surface area contributed by atoms with Gasteiger partial charge in [-0.15, -0.1) is 0 Å². The summed E-state index contributed by atoms with van der Waals surface area (Å²) in [6, 6.07) is 3.58. The molecule has 2 aromatic rings. The molecular formula is C14H18ClN3O3. The monoisotopic (exact) mass is 311 g/mol. The van der Waals surface area contributed by atoms with E-state index >= 15 is 0 Å². The van der Waals surface area contributed by atoms with E-state index in [0.29, 0.717) is 28.9 Å². The van der Waals surface area contributed by atoms with Crippen molar-refractivity contribution in [3.05, 3.63) is 34.9 Å². The Labute approximate surface area is 128 Å². The summed E-state index contributed by atoms with van der Waals surface area (Å²) in [5.74, 6) is 1.69. The lowest BCUT2D eigenvalue weighted by molar-refractivity contribution is 0.266. The Balaban J connectivity index is 2.17. The Hall–Kier alpha value is -1.79. The molecule has 0 bridgehead atoms. The van der Waals surface area contributed by atoms with Crippen molar-refractivity contribution in [2.24, 2.45) is 0 Å². The minimum Gasteiger partial charge on any atom is -0.493 e. The van der Waals surface area contributed by atoms with Crippen molar-refractivity contribution < 1.29 is 14.0 Å². The molecule has 6 nitrogen and oxygen atoms in total. The fourth-order valence-electron chi connectivity index (χ4n) is 1.86. The Bertz CT molecular complexity index is 561. The van der Waals surface area contributed by atoms with Gasteiger partial charge < -0.3 is 19.3 Å². The van der Waals surface area contributed by atoms with Gasteiger partial charge in [-0.3, -0.25) is 0 Å². The third-order valence-corrected chi connectivity index (χ3v) is 3.03. The molecule has 1 aromatic carbocycles. The second-order valence-electron chi connectivity index (χ2n) is 4.41. The molecule has 21 heavy (non-hydrogen) atoms. The molecule has 1 heterocycles. The van der Waals surface area contributed by atoms with Crippen LogP contribution in [0.15, 0.2) is 23.0 Å². The molecule has 0 spiro atoms. The molecule has 1 aromatic heterocycles. The SMILES string of the molecule is CCCNCc1cc(Cl)cc(OC)c1OCc1ncon1. The number of benzene rings is 1. The minimum absolute atomic E-state index is 0.204. The third-order valence-electron chi connectivity index (χ3n) is 2.81. The lowest BCUT2D eigenvalue weighted by atomic mass is 10.1. The number of methoxy groups -OCH3 is 1. The van der Waals surface area contributed by atoms with Crippen LogP contribution in [0.5, 0.6) is 11.5 Å². The number of halogens is 1. The highest BCUT2D eigenvalue weighted by Gasteiger charge is 2.14. The number of nitrogens with zero attached hydrogens (tertiary/aromatic N) is 2. The summed E-state index contributed by atoms with van der Waals surface area (Å²) in [5.41, 5.74) is 0.927. The minimum atomic E-state index is 0.204. The highest BCUT2D eigenvalue weighted by molar-refractivity contribution is 6.30. The van der Waals surface area contributed by atoms with E-state index in [-0.39, 0.29) is 6.61 Å². The van der Waals surface area contributed by atoms with Gasteiger partial charge in [-0.25, -0.2) is 0 Å². The van der Waals surface area contributed by atoms with Gasteiger partial charge in [0.2, 0.25) is 12.2 Å². The summed E-state index contributed by atoms with van der Waals surface area (Å²) in [6.45, 7) is 3.87. The number of hydrogen-bond acceptors (Lipinski definition) is 6. The summed E-state index contributed by atoms with van der Waals surface area (Å²) in [6.07, 6.45) is 2.32. The molecule has 0 fully saturated rings. The van der Waals surface area contributed by atoms with Crippen molar-refractivity contribution in [3.63, 3.8) is 0 Å². The summed E-state index contributed by atoms with van der Waals surface area (Å²) in [7, 11) is 1.58. The molecule has 0 atom stereocenters. The molecule has 0 saturated heterocycles. The van der Waals surface area contributed by atoms with Crippen molar-refractivity contribution in [3.8, 4) is 11.5 Å². The predicted octanol–water partition coefficient (Wildman–Crippen LogP) is 2.81. The van der Waals surface area contributed by atoms with E-state index in [1.807, 2.05) is 6.07 Å². The van der Waals surface area contributed by atoms with E-state index in [1.165, 1.54) is 6.39 Å². The molecule has 2 rings (SSSR count). The van der Waals surface area contributed by atoms with Crippen LogP contribution in [-0.4, -0.2) is 23.8 Å². The van der Waals surface area contributed by atoms with Crippen molar-refractivity contribution in [1.29, 1.82) is 0 Å². The fraction of sp³-hybridized carbons (Fsp3) is 0.429. The lowest BCUT2D eigenvalue weighted by Gasteiger charge is -2.15. The topological polar surface area (TPSA) is 69.4 Å². The summed E-state index contributed by atoms with van der Waals surface area (Å²) in [5, 5.41) is 7.64. The van der Waals surface area contributed by atoms with Crippen LogP contribution in [0, 0.1) is 0 Å². The van der Waals surface area contributed by atoms with E-state index in [9.17, 15) is 0 Å². The second-order valence-corrected chi connectivity index (χ2v) is 4.85. The van der Waals surface area contributed by atoms with Crippen LogP contribution in [0.4, 0.5) is 0 Å². The standard InChI is InChI=1S/C14H18ClN3O3/c1-3-4-16-7-10-5-11(15)6-12(19-2)14(10)20-8-13-17-9-21-18-13/h5-6,9,16H,3-4,7-8H2,1-2H3. The molecular weight excluding hydrogens is 294 g/mol. The van der Waals surface area contributed by atoms with Gasteiger partial charge in [-0.05, 0) is 19.0 Å². The maximum absolute atomic E-state index is 6.11. The average molecular weight is 312 g/mol. The Morgan fingerprint density at radius 3 is 2.90 bits per heavy atom. The van der Waals surface area contributed by atoms with Crippen LogP contribution >= 0.6 is 11.6 Å². The molecule has 1 N–H and O–H groups in total. The molecule has 0 aliphatic carbocycles. The van der Waals surface area contributed by atoms with Gasteiger partial charge in [0, 0.05) is 23.2 Å². The van der Waals surface area contributed by atoms with Gasteiger partial charge in [-0.1, -0.05) is 23.7 Å². The van der Waals surface area contributed by atoms with Crippen molar-refractivity contribution in [2.45, 2.75) is 26.5 Å². The lowest BCUT2D eigenvalue weighted by Crippen LogP contribution is -2.15. The van der Waals surface area contributed by atoms with Gasteiger partial charge in [0.25, 0.3) is 0 Å². The molecule has 0 radical (unpaired) electrons. The van der Waals surface area contributed by atoms with Gasteiger partial charge in [0.1, 0.15) is 0 Å². The number of nitrogens with one attached hydrogen (secondary N) is 1. The maximum atomic E-state index is 6.11. The zero-order valence-electron chi connectivity index (χ0n) is 12.1. The van der Waals surface area contributed by atoms with Crippen LogP contribution in [0.25, 0.3) is 0 Å². The van der Waals surface area contributed by atoms with Crippen LogP contribution < -0.4 is 14.8 Å². The van der Waals surface area contributed by atoms with E-state index in [4.69, 9.17) is 21.1 Å². The normalized spacial score (nSPS) is 10.6.